The Bertz CT molecular complexity index is 1150. The number of aliphatic hydroxyl groups excluding tert-OH is 4. The van der Waals surface area contributed by atoms with Crippen molar-refractivity contribution in [3.05, 3.63) is 36.5 Å². The third-order valence-electron chi connectivity index (χ3n) is 15.6. The van der Waals surface area contributed by atoms with Crippen molar-refractivity contribution in [2.75, 3.05) is 6.61 Å². The molecule has 0 rings (SSSR count). The minimum absolute atomic E-state index is 0.363. The third-order valence-corrected chi connectivity index (χ3v) is 15.6. The van der Waals surface area contributed by atoms with Gasteiger partial charge >= 0.3 is 0 Å². The standard InChI is InChI=1S/C67H129NO5/c1-3-5-7-9-11-13-15-17-19-21-23-25-27-29-31-32-33-35-37-39-41-43-45-47-49-51-53-55-57-59-61-65(71)67(73)68-63(62-69)66(72)64(70)60-58-56-54-52-50-48-46-44-42-40-38-36-34-30-28-26-24-22-20-18-16-14-12-10-8-6-4-2/h23,25,29,31,52,54,63-66,69-72H,3-22,24,26-28,30,32-51,53,55-62H2,1-2H3,(H,68,73)/b25-23-,31-29-,54-52+. The highest BCUT2D eigenvalue weighted by Gasteiger charge is 2.28. The fourth-order valence-electron chi connectivity index (χ4n) is 10.4. The fourth-order valence-corrected chi connectivity index (χ4v) is 10.4. The molecule has 0 aromatic carbocycles. The lowest BCUT2D eigenvalue weighted by atomic mass is 10.00. The summed E-state index contributed by atoms with van der Waals surface area (Å²) in [5, 5.41) is 44.1. The first-order chi connectivity index (χ1) is 36.0. The van der Waals surface area contributed by atoms with Crippen molar-refractivity contribution in [1.82, 2.24) is 5.32 Å². The number of rotatable bonds is 61. The van der Waals surface area contributed by atoms with Crippen molar-refractivity contribution >= 4 is 5.91 Å². The van der Waals surface area contributed by atoms with Gasteiger partial charge < -0.3 is 25.7 Å². The van der Waals surface area contributed by atoms with Gasteiger partial charge in [0.2, 0.25) is 5.91 Å². The molecule has 0 aromatic rings. The Morgan fingerprint density at radius 2 is 0.603 bits per heavy atom. The lowest BCUT2D eigenvalue weighted by molar-refractivity contribution is -0.132. The molecule has 1 amide bonds. The SMILES string of the molecule is CCCCCCCCCCC/C=C\C/C=C\CCCCCCCCCCCCCCCCC(O)C(=O)NC(CO)C(O)C(O)CCC/C=C/CCCCCCCCCCCCCCCCCCCCCCCC. The van der Waals surface area contributed by atoms with E-state index in [1.807, 2.05) is 0 Å². The fraction of sp³-hybridized carbons (Fsp3) is 0.896. The summed E-state index contributed by atoms with van der Waals surface area (Å²) in [6, 6.07) is -1.00. The van der Waals surface area contributed by atoms with Crippen LogP contribution in [0.3, 0.4) is 0 Å². The molecule has 0 fully saturated rings. The Balaban J connectivity index is 3.60. The van der Waals surface area contributed by atoms with Crippen LogP contribution in [-0.2, 0) is 4.79 Å². The first-order valence-electron chi connectivity index (χ1n) is 32.9. The molecule has 4 unspecified atom stereocenters. The molecule has 0 aromatic heterocycles. The van der Waals surface area contributed by atoms with Crippen LogP contribution in [-0.4, -0.2) is 57.3 Å². The van der Waals surface area contributed by atoms with Gasteiger partial charge in [0, 0.05) is 0 Å². The van der Waals surface area contributed by atoms with Crippen LogP contribution in [0.4, 0.5) is 0 Å². The summed E-state index contributed by atoms with van der Waals surface area (Å²) in [7, 11) is 0. The van der Waals surface area contributed by atoms with Crippen molar-refractivity contribution in [3.8, 4) is 0 Å². The molecule has 0 spiro atoms. The molecule has 0 radical (unpaired) electrons. The summed E-state index contributed by atoms with van der Waals surface area (Å²) in [4.78, 5) is 12.6. The van der Waals surface area contributed by atoms with E-state index in [9.17, 15) is 25.2 Å². The van der Waals surface area contributed by atoms with Gasteiger partial charge in [-0.15, -0.1) is 0 Å². The molecule has 0 saturated heterocycles. The first kappa shape index (κ1) is 71.5. The van der Waals surface area contributed by atoms with Crippen molar-refractivity contribution in [2.24, 2.45) is 0 Å². The second-order valence-electron chi connectivity index (χ2n) is 22.8. The van der Waals surface area contributed by atoms with Crippen LogP contribution in [0.5, 0.6) is 0 Å². The van der Waals surface area contributed by atoms with Crippen LogP contribution < -0.4 is 5.32 Å². The molecule has 73 heavy (non-hydrogen) atoms. The number of amides is 1. The molecule has 0 saturated carbocycles. The molecule has 4 atom stereocenters. The predicted molar refractivity (Wildman–Crippen MR) is 321 cm³/mol. The van der Waals surface area contributed by atoms with Crippen molar-refractivity contribution < 1.29 is 25.2 Å². The van der Waals surface area contributed by atoms with E-state index in [2.05, 4.69) is 55.6 Å². The Morgan fingerprint density at radius 3 is 0.904 bits per heavy atom. The summed E-state index contributed by atoms with van der Waals surface area (Å²) < 4.78 is 0. The molecule has 432 valence electrons. The van der Waals surface area contributed by atoms with Crippen molar-refractivity contribution in [2.45, 2.75) is 379 Å². The Morgan fingerprint density at radius 1 is 0.342 bits per heavy atom. The van der Waals surface area contributed by atoms with Gasteiger partial charge in [-0.25, -0.2) is 0 Å². The summed E-state index contributed by atoms with van der Waals surface area (Å²) in [5.41, 5.74) is 0. The van der Waals surface area contributed by atoms with Crippen LogP contribution in [0.15, 0.2) is 36.5 Å². The van der Waals surface area contributed by atoms with E-state index in [4.69, 9.17) is 0 Å². The quantitative estimate of drug-likeness (QED) is 0.0308. The van der Waals surface area contributed by atoms with Gasteiger partial charge in [0.15, 0.2) is 0 Å². The molecule has 6 nitrogen and oxygen atoms in total. The number of carbonyl (C=O) groups is 1. The molecule has 5 N–H and O–H groups in total. The number of carbonyl (C=O) groups excluding carboxylic acids is 1. The first-order valence-corrected chi connectivity index (χ1v) is 32.9. The molecular formula is C67H129NO5. The van der Waals surface area contributed by atoms with E-state index in [1.54, 1.807) is 0 Å². The molecule has 0 bridgehead atoms. The van der Waals surface area contributed by atoms with Crippen LogP contribution in [0.2, 0.25) is 0 Å². The molecule has 0 aliphatic carbocycles. The average Bonchev–Trinajstić information content (AvgIpc) is 3.40. The minimum Gasteiger partial charge on any atom is -0.394 e. The Labute approximate surface area is 456 Å². The van der Waals surface area contributed by atoms with Crippen LogP contribution in [0.1, 0.15) is 354 Å². The zero-order chi connectivity index (χ0) is 53.0. The molecule has 0 heterocycles. The number of hydrogen-bond donors (Lipinski definition) is 5. The van der Waals surface area contributed by atoms with E-state index in [0.29, 0.717) is 12.8 Å². The van der Waals surface area contributed by atoms with Gasteiger partial charge in [-0.05, 0) is 70.6 Å². The Kier molecular flexibility index (Phi) is 60.1. The Hall–Kier alpha value is -1.47. The van der Waals surface area contributed by atoms with Gasteiger partial charge in [-0.1, -0.05) is 320 Å². The summed E-state index contributed by atoms with van der Waals surface area (Å²) in [5.74, 6) is -0.589. The maximum absolute atomic E-state index is 12.6. The van der Waals surface area contributed by atoms with Crippen molar-refractivity contribution in [3.63, 3.8) is 0 Å². The lowest BCUT2D eigenvalue weighted by Crippen LogP contribution is -2.53. The van der Waals surface area contributed by atoms with Gasteiger partial charge in [-0.3, -0.25) is 4.79 Å². The monoisotopic (exact) mass is 1030 g/mol. The van der Waals surface area contributed by atoms with Gasteiger partial charge in [0.1, 0.15) is 12.2 Å². The minimum atomic E-state index is -1.28. The third kappa shape index (κ3) is 55.1. The van der Waals surface area contributed by atoms with E-state index in [0.717, 1.165) is 44.9 Å². The van der Waals surface area contributed by atoms with Gasteiger partial charge in [0.25, 0.3) is 0 Å². The highest BCUT2D eigenvalue weighted by molar-refractivity contribution is 5.80. The highest BCUT2D eigenvalue weighted by Crippen LogP contribution is 2.18. The summed E-state index contributed by atoms with van der Waals surface area (Å²) in [6.07, 6.45) is 78.2. The maximum Gasteiger partial charge on any atom is 0.249 e. The summed E-state index contributed by atoms with van der Waals surface area (Å²) >= 11 is 0. The molecule has 0 aliphatic rings. The van der Waals surface area contributed by atoms with Gasteiger partial charge in [-0.2, -0.15) is 0 Å². The van der Waals surface area contributed by atoms with Crippen LogP contribution in [0, 0.1) is 0 Å². The number of nitrogens with one attached hydrogen (secondary N) is 1. The normalized spacial score (nSPS) is 13.8. The molecular weight excluding hydrogens is 899 g/mol. The number of allylic oxidation sites excluding steroid dienone is 6. The van der Waals surface area contributed by atoms with E-state index in [1.165, 1.54) is 283 Å². The predicted octanol–water partition coefficient (Wildman–Crippen LogP) is 19.9. The molecule has 6 heteroatoms. The highest BCUT2D eigenvalue weighted by atomic mass is 16.3. The lowest BCUT2D eigenvalue weighted by Gasteiger charge is -2.27. The number of unbranched alkanes of at least 4 members (excludes halogenated alkanes) is 46. The average molecular weight is 1030 g/mol. The smallest absolute Gasteiger partial charge is 0.249 e. The topological polar surface area (TPSA) is 110 Å². The number of aliphatic hydroxyl groups is 4. The van der Waals surface area contributed by atoms with Crippen LogP contribution in [0.25, 0.3) is 0 Å². The zero-order valence-corrected chi connectivity index (χ0v) is 49.2. The van der Waals surface area contributed by atoms with E-state index < -0.39 is 36.9 Å². The second-order valence-corrected chi connectivity index (χ2v) is 22.8. The summed E-state index contributed by atoms with van der Waals surface area (Å²) in [6.45, 7) is 4.09. The van der Waals surface area contributed by atoms with E-state index in [-0.39, 0.29) is 0 Å². The van der Waals surface area contributed by atoms with Crippen LogP contribution >= 0.6 is 0 Å². The number of hydrogen-bond acceptors (Lipinski definition) is 5. The second kappa shape index (κ2) is 61.4. The molecule has 0 aliphatic heterocycles. The maximum atomic E-state index is 12.6. The zero-order valence-electron chi connectivity index (χ0n) is 49.2. The largest absolute Gasteiger partial charge is 0.394 e. The van der Waals surface area contributed by atoms with Gasteiger partial charge in [0.05, 0.1) is 18.8 Å². The van der Waals surface area contributed by atoms with E-state index >= 15 is 0 Å². The van der Waals surface area contributed by atoms with Crippen molar-refractivity contribution in [1.29, 1.82) is 0 Å².